The molecule has 0 unspecified atom stereocenters. The van der Waals surface area contributed by atoms with Crippen LogP contribution in [-0.2, 0) is 0 Å². The monoisotopic (exact) mass is 218 g/mol. The summed E-state index contributed by atoms with van der Waals surface area (Å²) in [5.41, 5.74) is 1.41. The highest BCUT2D eigenvalue weighted by Crippen LogP contribution is 2.06. The highest BCUT2D eigenvalue weighted by molar-refractivity contribution is 5.45. The van der Waals surface area contributed by atoms with Gasteiger partial charge in [-0.3, -0.25) is 0 Å². The van der Waals surface area contributed by atoms with E-state index in [4.69, 9.17) is 5.26 Å². The number of anilines is 1. The Balaban J connectivity index is 2.40. The molecule has 0 radical (unpaired) electrons. The molecule has 0 aromatic carbocycles. The Morgan fingerprint density at radius 2 is 2.19 bits per heavy atom. The van der Waals surface area contributed by atoms with Gasteiger partial charge in [0.1, 0.15) is 11.8 Å². The molecule has 0 amide bonds. The fourth-order valence-corrected chi connectivity index (χ4v) is 1.50. The highest BCUT2D eigenvalue weighted by Gasteiger charge is 1.99. The molecule has 0 aliphatic carbocycles. The molecule has 0 atom stereocenters. The van der Waals surface area contributed by atoms with Crippen LogP contribution in [0.15, 0.2) is 18.3 Å². The molecule has 1 aromatic heterocycles. The van der Waals surface area contributed by atoms with Crippen LogP contribution >= 0.6 is 0 Å². The van der Waals surface area contributed by atoms with Crippen LogP contribution in [0.3, 0.4) is 0 Å². The molecule has 0 bridgehead atoms. The summed E-state index contributed by atoms with van der Waals surface area (Å²) in [5, 5.41) is 12.0. The van der Waals surface area contributed by atoms with Crippen molar-refractivity contribution in [1.82, 2.24) is 9.88 Å². The Hall–Kier alpha value is -1.60. The second-order valence-corrected chi connectivity index (χ2v) is 3.50. The SMILES string of the molecule is CCN(CC)CCNc1ccnc(C#N)c1. The fraction of sp³-hybridized carbons (Fsp3) is 0.500. The van der Waals surface area contributed by atoms with Gasteiger partial charge in [-0.1, -0.05) is 13.8 Å². The van der Waals surface area contributed by atoms with E-state index in [-0.39, 0.29) is 0 Å². The van der Waals surface area contributed by atoms with Gasteiger partial charge in [0.2, 0.25) is 0 Å². The molecule has 1 rings (SSSR count). The van der Waals surface area contributed by atoms with Gasteiger partial charge < -0.3 is 10.2 Å². The van der Waals surface area contributed by atoms with Crippen LogP contribution in [0.1, 0.15) is 19.5 Å². The molecular weight excluding hydrogens is 200 g/mol. The average molecular weight is 218 g/mol. The molecular formula is C12H18N4. The average Bonchev–Trinajstić information content (AvgIpc) is 2.35. The Labute approximate surface area is 96.9 Å². The number of rotatable bonds is 6. The molecule has 0 saturated heterocycles. The first-order valence-corrected chi connectivity index (χ1v) is 5.62. The lowest BCUT2D eigenvalue weighted by atomic mass is 10.3. The van der Waals surface area contributed by atoms with Crippen LogP contribution in [-0.4, -0.2) is 36.1 Å². The van der Waals surface area contributed by atoms with Crippen LogP contribution < -0.4 is 5.32 Å². The summed E-state index contributed by atoms with van der Waals surface area (Å²) in [4.78, 5) is 6.27. The number of nitriles is 1. The minimum Gasteiger partial charge on any atom is -0.384 e. The van der Waals surface area contributed by atoms with E-state index in [0.29, 0.717) is 5.69 Å². The Morgan fingerprint density at radius 1 is 1.44 bits per heavy atom. The van der Waals surface area contributed by atoms with Crippen molar-refractivity contribution in [3.63, 3.8) is 0 Å². The third kappa shape index (κ3) is 3.87. The van der Waals surface area contributed by atoms with Crippen molar-refractivity contribution in [1.29, 1.82) is 5.26 Å². The van der Waals surface area contributed by atoms with Crippen molar-refractivity contribution < 1.29 is 0 Å². The molecule has 0 spiro atoms. The number of likely N-dealkylation sites (N-methyl/N-ethyl adjacent to an activating group) is 1. The number of nitrogens with zero attached hydrogens (tertiary/aromatic N) is 3. The normalized spacial score (nSPS) is 10.1. The summed E-state index contributed by atoms with van der Waals surface area (Å²) in [6, 6.07) is 5.67. The summed E-state index contributed by atoms with van der Waals surface area (Å²) < 4.78 is 0. The van der Waals surface area contributed by atoms with Gasteiger partial charge in [0, 0.05) is 25.0 Å². The first-order valence-electron chi connectivity index (χ1n) is 5.62. The third-order valence-corrected chi connectivity index (χ3v) is 2.53. The van der Waals surface area contributed by atoms with Crippen molar-refractivity contribution in [3.05, 3.63) is 24.0 Å². The molecule has 0 aliphatic heterocycles. The number of aromatic nitrogens is 1. The van der Waals surface area contributed by atoms with E-state index in [1.54, 1.807) is 12.3 Å². The molecule has 0 saturated carbocycles. The lowest BCUT2D eigenvalue weighted by molar-refractivity contribution is 0.316. The van der Waals surface area contributed by atoms with Crippen molar-refractivity contribution >= 4 is 5.69 Å². The fourth-order valence-electron chi connectivity index (χ4n) is 1.50. The number of pyridine rings is 1. The van der Waals surface area contributed by atoms with Gasteiger partial charge in [-0.15, -0.1) is 0 Å². The van der Waals surface area contributed by atoms with E-state index in [9.17, 15) is 0 Å². The van der Waals surface area contributed by atoms with Crippen LogP contribution in [0.5, 0.6) is 0 Å². The first-order chi connectivity index (χ1) is 7.80. The van der Waals surface area contributed by atoms with Gasteiger partial charge in [-0.05, 0) is 25.2 Å². The molecule has 1 aromatic rings. The predicted molar refractivity (Wildman–Crippen MR) is 65.2 cm³/mol. The summed E-state index contributed by atoms with van der Waals surface area (Å²) >= 11 is 0. The summed E-state index contributed by atoms with van der Waals surface area (Å²) in [7, 11) is 0. The predicted octanol–water partition coefficient (Wildman–Crippen LogP) is 1.71. The Morgan fingerprint density at radius 3 is 2.81 bits per heavy atom. The van der Waals surface area contributed by atoms with Gasteiger partial charge in [0.05, 0.1) is 0 Å². The second kappa shape index (κ2) is 6.81. The zero-order valence-electron chi connectivity index (χ0n) is 9.90. The molecule has 4 nitrogen and oxygen atoms in total. The van der Waals surface area contributed by atoms with Crippen LogP contribution in [0.25, 0.3) is 0 Å². The van der Waals surface area contributed by atoms with Gasteiger partial charge >= 0.3 is 0 Å². The lowest BCUT2D eigenvalue weighted by Crippen LogP contribution is -2.28. The van der Waals surface area contributed by atoms with Gasteiger partial charge in [-0.25, -0.2) is 4.98 Å². The van der Waals surface area contributed by atoms with E-state index in [0.717, 1.165) is 31.9 Å². The highest BCUT2D eigenvalue weighted by atomic mass is 15.1. The van der Waals surface area contributed by atoms with E-state index < -0.39 is 0 Å². The van der Waals surface area contributed by atoms with Crippen molar-refractivity contribution in [3.8, 4) is 6.07 Å². The van der Waals surface area contributed by atoms with Crippen molar-refractivity contribution in [2.24, 2.45) is 0 Å². The van der Waals surface area contributed by atoms with Gasteiger partial charge in [0.15, 0.2) is 0 Å². The van der Waals surface area contributed by atoms with Crippen molar-refractivity contribution in [2.75, 3.05) is 31.5 Å². The third-order valence-electron chi connectivity index (χ3n) is 2.53. The van der Waals surface area contributed by atoms with Gasteiger partial charge in [0.25, 0.3) is 0 Å². The number of hydrogen-bond donors (Lipinski definition) is 1. The summed E-state index contributed by atoms with van der Waals surface area (Å²) in [5.74, 6) is 0. The number of hydrogen-bond acceptors (Lipinski definition) is 4. The Bertz CT molecular complexity index is 352. The van der Waals surface area contributed by atoms with Crippen LogP contribution in [0.2, 0.25) is 0 Å². The topological polar surface area (TPSA) is 52.0 Å². The van der Waals surface area contributed by atoms with Crippen molar-refractivity contribution in [2.45, 2.75) is 13.8 Å². The van der Waals surface area contributed by atoms with E-state index in [1.807, 2.05) is 12.1 Å². The van der Waals surface area contributed by atoms with Crippen LogP contribution in [0.4, 0.5) is 5.69 Å². The molecule has 1 heterocycles. The Kier molecular flexibility index (Phi) is 5.30. The molecule has 1 N–H and O–H groups in total. The zero-order chi connectivity index (χ0) is 11.8. The maximum absolute atomic E-state index is 8.70. The van der Waals surface area contributed by atoms with Crippen LogP contribution in [0, 0.1) is 11.3 Å². The van der Waals surface area contributed by atoms with E-state index >= 15 is 0 Å². The first kappa shape index (κ1) is 12.5. The standard InChI is InChI=1S/C12H18N4/c1-3-16(4-2)8-7-15-11-5-6-14-12(9-11)10-13/h5-6,9H,3-4,7-8H2,1-2H3,(H,14,15). The minimum atomic E-state index is 0.452. The quantitative estimate of drug-likeness (QED) is 0.789. The van der Waals surface area contributed by atoms with E-state index in [1.165, 1.54) is 0 Å². The second-order valence-electron chi connectivity index (χ2n) is 3.50. The lowest BCUT2D eigenvalue weighted by Gasteiger charge is -2.18. The maximum atomic E-state index is 8.70. The summed E-state index contributed by atoms with van der Waals surface area (Å²) in [6.45, 7) is 8.34. The van der Waals surface area contributed by atoms with E-state index in [2.05, 4.69) is 29.0 Å². The van der Waals surface area contributed by atoms with Gasteiger partial charge in [-0.2, -0.15) is 5.26 Å². The smallest absolute Gasteiger partial charge is 0.142 e. The minimum absolute atomic E-state index is 0.452. The molecule has 4 heteroatoms. The molecule has 86 valence electrons. The largest absolute Gasteiger partial charge is 0.384 e. The maximum Gasteiger partial charge on any atom is 0.142 e. The molecule has 0 fully saturated rings. The number of nitrogens with one attached hydrogen (secondary N) is 1. The summed E-state index contributed by atoms with van der Waals surface area (Å²) in [6.07, 6.45) is 1.65. The molecule has 0 aliphatic rings. The molecule has 16 heavy (non-hydrogen) atoms. The zero-order valence-corrected chi connectivity index (χ0v) is 9.90.